The maximum Gasteiger partial charge on any atom is 0.132 e. The van der Waals surface area contributed by atoms with Crippen LogP contribution in [0.25, 0.3) is 0 Å². The third-order valence-electron chi connectivity index (χ3n) is 3.88. The van der Waals surface area contributed by atoms with Crippen molar-refractivity contribution in [3.8, 4) is 6.07 Å². The summed E-state index contributed by atoms with van der Waals surface area (Å²) in [6.07, 6.45) is 3.09. The van der Waals surface area contributed by atoms with Crippen molar-refractivity contribution in [2.45, 2.75) is 30.1 Å². The summed E-state index contributed by atoms with van der Waals surface area (Å²) in [6.45, 7) is 1.76. The van der Waals surface area contributed by atoms with Crippen molar-refractivity contribution in [2.75, 3.05) is 26.0 Å². The summed E-state index contributed by atoms with van der Waals surface area (Å²) in [4.78, 5) is 0. The van der Waals surface area contributed by atoms with E-state index >= 15 is 0 Å². The Morgan fingerprint density at radius 2 is 2.05 bits per heavy atom. The highest BCUT2D eigenvalue weighted by Gasteiger charge is 2.30. The Balaban J connectivity index is 1.94. The van der Waals surface area contributed by atoms with Gasteiger partial charge in [-0.2, -0.15) is 17.0 Å². The minimum Gasteiger partial charge on any atom is -0.381 e. The molecule has 0 bridgehead atoms. The van der Waals surface area contributed by atoms with Crippen molar-refractivity contribution in [2.24, 2.45) is 0 Å². The van der Waals surface area contributed by atoms with Crippen LogP contribution in [0.4, 0.5) is 0 Å². The van der Waals surface area contributed by atoms with Crippen LogP contribution in [0.5, 0.6) is 0 Å². The molecule has 0 aromatic heterocycles. The molecule has 1 heterocycles. The van der Waals surface area contributed by atoms with Crippen LogP contribution in [0.15, 0.2) is 30.3 Å². The van der Waals surface area contributed by atoms with Crippen molar-refractivity contribution < 1.29 is 4.74 Å². The molecular formula is C16H22N2OS. The number of thioether (sulfide) groups is 1. The van der Waals surface area contributed by atoms with E-state index < -0.39 is 5.54 Å². The predicted octanol–water partition coefficient (Wildman–Crippen LogP) is 2.93. The summed E-state index contributed by atoms with van der Waals surface area (Å²) in [5, 5.41) is 13.5. The first-order valence-electron chi connectivity index (χ1n) is 7.16. The largest absolute Gasteiger partial charge is 0.381 e. The molecule has 1 aromatic rings. The topological polar surface area (TPSA) is 45.0 Å². The van der Waals surface area contributed by atoms with Crippen LogP contribution < -0.4 is 5.32 Å². The van der Waals surface area contributed by atoms with E-state index in [0.717, 1.165) is 43.8 Å². The summed E-state index contributed by atoms with van der Waals surface area (Å²) in [5.74, 6) is 0.994. The first-order valence-corrected chi connectivity index (χ1v) is 8.20. The first kappa shape index (κ1) is 15.4. The smallest absolute Gasteiger partial charge is 0.132 e. The molecule has 1 saturated heterocycles. The third-order valence-corrected chi connectivity index (χ3v) is 5.27. The van der Waals surface area contributed by atoms with E-state index in [1.807, 2.05) is 49.1 Å². The Hall–Kier alpha value is -1.02. The fourth-order valence-electron chi connectivity index (χ4n) is 2.53. The van der Waals surface area contributed by atoms with Crippen LogP contribution in [-0.2, 0) is 10.3 Å². The molecule has 1 aliphatic heterocycles. The number of rotatable bonds is 6. The summed E-state index contributed by atoms with van der Waals surface area (Å²) in [5.41, 5.74) is 0.483. The normalized spacial score (nSPS) is 19.2. The third kappa shape index (κ3) is 3.76. The van der Waals surface area contributed by atoms with Gasteiger partial charge in [-0.05, 0) is 37.6 Å². The van der Waals surface area contributed by atoms with Crippen molar-refractivity contribution in [1.82, 2.24) is 5.32 Å². The zero-order valence-corrected chi connectivity index (χ0v) is 12.8. The molecule has 0 amide bonds. The van der Waals surface area contributed by atoms with Crippen molar-refractivity contribution >= 4 is 11.8 Å². The molecule has 1 unspecified atom stereocenters. The second kappa shape index (κ2) is 7.68. The summed E-state index contributed by atoms with van der Waals surface area (Å²) in [7, 11) is 1.87. The van der Waals surface area contributed by atoms with E-state index in [-0.39, 0.29) is 0 Å². The van der Waals surface area contributed by atoms with Crippen LogP contribution >= 0.6 is 11.8 Å². The molecule has 1 fully saturated rings. The molecular weight excluding hydrogens is 268 g/mol. The molecule has 0 saturated carbocycles. The molecule has 1 atom stereocenters. The molecule has 0 spiro atoms. The van der Waals surface area contributed by atoms with E-state index in [4.69, 9.17) is 4.74 Å². The van der Waals surface area contributed by atoms with Gasteiger partial charge < -0.3 is 4.74 Å². The molecule has 1 aromatic carbocycles. The van der Waals surface area contributed by atoms with E-state index in [2.05, 4.69) is 11.4 Å². The highest BCUT2D eigenvalue weighted by atomic mass is 32.2. The number of hydrogen-bond donors (Lipinski definition) is 1. The van der Waals surface area contributed by atoms with E-state index in [1.54, 1.807) is 0 Å². The van der Waals surface area contributed by atoms with E-state index in [0.29, 0.717) is 5.25 Å². The van der Waals surface area contributed by atoms with Crippen LogP contribution in [0.2, 0.25) is 0 Å². The van der Waals surface area contributed by atoms with Gasteiger partial charge in [-0.1, -0.05) is 30.3 Å². The molecule has 20 heavy (non-hydrogen) atoms. The molecule has 4 heteroatoms. The van der Waals surface area contributed by atoms with Crippen LogP contribution in [0, 0.1) is 11.3 Å². The van der Waals surface area contributed by atoms with Gasteiger partial charge in [-0.3, -0.25) is 5.32 Å². The Morgan fingerprint density at radius 3 is 2.65 bits per heavy atom. The first-order chi connectivity index (χ1) is 9.80. The lowest BCUT2D eigenvalue weighted by atomic mass is 9.89. The fraction of sp³-hybridized carbons (Fsp3) is 0.562. The van der Waals surface area contributed by atoms with Gasteiger partial charge in [0.2, 0.25) is 0 Å². The van der Waals surface area contributed by atoms with Gasteiger partial charge in [0.15, 0.2) is 0 Å². The molecule has 108 valence electrons. The highest BCUT2D eigenvalue weighted by Crippen LogP contribution is 2.29. The summed E-state index contributed by atoms with van der Waals surface area (Å²) >= 11 is 1.98. The Kier molecular flexibility index (Phi) is 5.90. The monoisotopic (exact) mass is 290 g/mol. The second-order valence-corrected chi connectivity index (χ2v) is 6.47. The minimum absolute atomic E-state index is 0.570. The number of nitriles is 1. The van der Waals surface area contributed by atoms with Gasteiger partial charge in [0.05, 0.1) is 6.07 Å². The number of ether oxygens (including phenoxy) is 1. The zero-order chi connectivity index (χ0) is 14.3. The number of hydrogen-bond acceptors (Lipinski definition) is 4. The molecule has 1 aliphatic rings. The minimum atomic E-state index is -0.570. The van der Waals surface area contributed by atoms with E-state index in [9.17, 15) is 5.26 Å². The maximum atomic E-state index is 9.63. The average Bonchev–Trinajstić information content (AvgIpc) is 2.54. The maximum absolute atomic E-state index is 9.63. The fourth-order valence-corrected chi connectivity index (χ4v) is 3.82. The summed E-state index contributed by atoms with van der Waals surface area (Å²) in [6, 6.07) is 12.5. The average molecular weight is 290 g/mol. The lowest BCUT2D eigenvalue weighted by molar-refractivity contribution is 0.1000. The predicted molar refractivity (Wildman–Crippen MR) is 83.7 cm³/mol. The van der Waals surface area contributed by atoms with Crippen LogP contribution in [-0.4, -0.2) is 31.3 Å². The zero-order valence-electron chi connectivity index (χ0n) is 12.0. The molecule has 2 rings (SSSR count). The number of nitrogens with one attached hydrogen (secondary N) is 1. The SMILES string of the molecule is CNC(C#N)(CCSC1CCOCC1)c1ccccc1. The van der Waals surface area contributed by atoms with Gasteiger partial charge in [-0.25, -0.2) is 0 Å². The van der Waals surface area contributed by atoms with Crippen molar-refractivity contribution in [3.63, 3.8) is 0 Å². The van der Waals surface area contributed by atoms with Crippen molar-refractivity contribution in [1.29, 1.82) is 5.26 Å². The van der Waals surface area contributed by atoms with Gasteiger partial charge >= 0.3 is 0 Å². The lowest BCUT2D eigenvalue weighted by Crippen LogP contribution is -2.39. The van der Waals surface area contributed by atoms with Gasteiger partial charge in [0.1, 0.15) is 5.54 Å². The quantitative estimate of drug-likeness (QED) is 0.875. The van der Waals surface area contributed by atoms with E-state index in [1.165, 1.54) is 0 Å². The van der Waals surface area contributed by atoms with Gasteiger partial charge in [-0.15, -0.1) is 0 Å². The number of nitrogens with zero attached hydrogens (tertiary/aromatic N) is 1. The second-order valence-electron chi connectivity index (χ2n) is 5.07. The summed E-state index contributed by atoms with van der Waals surface area (Å²) < 4.78 is 5.38. The molecule has 3 nitrogen and oxygen atoms in total. The van der Waals surface area contributed by atoms with Crippen LogP contribution in [0.1, 0.15) is 24.8 Å². The van der Waals surface area contributed by atoms with Crippen LogP contribution in [0.3, 0.4) is 0 Å². The Bertz CT molecular complexity index is 440. The van der Waals surface area contributed by atoms with Gasteiger partial charge in [0, 0.05) is 18.5 Å². The number of benzene rings is 1. The lowest BCUT2D eigenvalue weighted by Gasteiger charge is -2.28. The van der Waals surface area contributed by atoms with Gasteiger partial charge in [0.25, 0.3) is 0 Å². The highest BCUT2D eigenvalue weighted by molar-refractivity contribution is 7.99. The Labute approximate surface area is 125 Å². The van der Waals surface area contributed by atoms with Crippen molar-refractivity contribution in [3.05, 3.63) is 35.9 Å². The molecule has 0 radical (unpaired) electrons. The molecule has 1 N–H and O–H groups in total. The standard InChI is InChI=1S/C16H22N2OS/c1-18-16(13-17,14-5-3-2-4-6-14)9-12-20-15-7-10-19-11-8-15/h2-6,15,18H,7-12H2,1H3. The Morgan fingerprint density at radius 1 is 1.35 bits per heavy atom. The molecule has 0 aliphatic carbocycles.